The molecule has 6 heteroatoms. The lowest BCUT2D eigenvalue weighted by atomic mass is 10.8. The van der Waals surface area contributed by atoms with Gasteiger partial charge in [0.2, 0.25) is 5.88 Å². The molecular formula is C5H4F3N2O. The van der Waals surface area contributed by atoms with E-state index in [0.717, 1.165) is 6.20 Å². The zero-order valence-corrected chi connectivity index (χ0v) is 5.51. The number of halogens is 3. The van der Waals surface area contributed by atoms with Crippen molar-refractivity contribution < 1.29 is 17.9 Å². The molecular weight excluding hydrogens is 161 g/mol. The van der Waals surface area contributed by atoms with E-state index in [1.165, 1.54) is 11.6 Å². The van der Waals surface area contributed by atoms with E-state index in [9.17, 15) is 13.2 Å². The van der Waals surface area contributed by atoms with Crippen LogP contribution in [-0.4, -0.2) is 15.9 Å². The monoisotopic (exact) mass is 165 g/mol. The van der Waals surface area contributed by atoms with Crippen LogP contribution in [0.15, 0.2) is 6.20 Å². The van der Waals surface area contributed by atoms with Crippen LogP contribution in [0.25, 0.3) is 0 Å². The van der Waals surface area contributed by atoms with E-state index in [-0.39, 0.29) is 0 Å². The average molecular weight is 165 g/mol. The molecule has 1 aromatic rings. The summed E-state index contributed by atoms with van der Waals surface area (Å²) in [5, 5.41) is 0. The highest BCUT2D eigenvalue weighted by Crippen LogP contribution is 2.19. The summed E-state index contributed by atoms with van der Waals surface area (Å²) < 4.78 is 39.1. The number of imidazole rings is 1. The summed E-state index contributed by atoms with van der Waals surface area (Å²) in [5.41, 5.74) is 0. The number of hydrogen-bond acceptors (Lipinski definition) is 2. The molecule has 0 bridgehead atoms. The summed E-state index contributed by atoms with van der Waals surface area (Å²) >= 11 is 0. The molecule has 1 rings (SSSR count). The van der Waals surface area contributed by atoms with Gasteiger partial charge < -0.3 is 9.30 Å². The van der Waals surface area contributed by atoms with Gasteiger partial charge in [-0.2, -0.15) is 4.98 Å². The highest BCUT2D eigenvalue weighted by atomic mass is 19.4. The zero-order valence-electron chi connectivity index (χ0n) is 5.51. The van der Waals surface area contributed by atoms with Crippen molar-refractivity contribution in [2.75, 3.05) is 0 Å². The molecule has 0 saturated carbocycles. The number of ether oxygens (including phenoxy) is 1. The number of hydrogen-bond donors (Lipinski definition) is 0. The predicted molar refractivity (Wildman–Crippen MR) is 28.7 cm³/mol. The van der Waals surface area contributed by atoms with Crippen LogP contribution in [0.3, 0.4) is 0 Å². The number of alkyl halides is 3. The fourth-order valence-electron chi connectivity index (χ4n) is 0.519. The van der Waals surface area contributed by atoms with Crippen LogP contribution in [0.5, 0.6) is 5.88 Å². The minimum Gasteiger partial charge on any atom is -0.386 e. The predicted octanol–water partition coefficient (Wildman–Crippen LogP) is 1.12. The third-order valence-corrected chi connectivity index (χ3v) is 0.842. The minimum atomic E-state index is -4.68. The molecule has 3 nitrogen and oxygen atoms in total. The zero-order chi connectivity index (χ0) is 8.48. The van der Waals surface area contributed by atoms with Crippen molar-refractivity contribution in [3.05, 3.63) is 12.5 Å². The maximum absolute atomic E-state index is 11.5. The molecule has 0 aliphatic heterocycles. The van der Waals surface area contributed by atoms with Crippen LogP contribution < -0.4 is 4.74 Å². The third-order valence-electron chi connectivity index (χ3n) is 0.842. The largest absolute Gasteiger partial charge is 0.574 e. The van der Waals surface area contributed by atoms with Gasteiger partial charge >= 0.3 is 6.36 Å². The lowest BCUT2D eigenvalue weighted by Crippen LogP contribution is -2.17. The highest BCUT2D eigenvalue weighted by Gasteiger charge is 2.32. The maximum Gasteiger partial charge on any atom is 0.574 e. The fourth-order valence-corrected chi connectivity index (χ4v) is 0.519. The van der Waals surface area contributed by atoms with Gasteiger partial charge in [0.05, 0.1) is 6.20 Å². The molecule has 0 aliphatic rings. The summed E-state index contributed by atoms with van der Waals surface area (Å²) in [6, 6.07) is 0. The summed E-state index contributed by atoms with van der Waals surface area (Å²) in [6.45, 7) is 0. The van der Waals surface area contributed by atoms with Crippen LogP contribution in [0.2, 0.25) is 0 Å². The van der Waals surface area contributed by atoms with Gasteiger partial charge in [-0.15, -0.1) is 13.2 Å². The van der Waals surface area contributed by atoms with Gasteiger partial charge in [0, 0.05) is 7.05 Å². The van der Waals surface area contributed by atoms with Crippen molar-refractivity contribution in [1.29, 1.82) is 0 Å². The topological polar surface area (TPSA) is 27.1 Å². The Labute approximate surface area is 60.4 Å². The Kier molecular flexibility index (Phi) is 1.76. The van der Waals surface area contributed by atoms with Crippen molar-refractivity contribution in [2.45, 2.75) is 6.36 Å². The van der Waals surface area contributed by atoms with E-state index in [1.807, 2.05) is 0 Å². The molecule has 61 valence electrons. The van der Waals surface area contributed by atoms with Gasteiger partial charge in [-0.25, -0.2) is 0 Å². The Morgan fingerprint density at radius 2 is 2.27 bits per heavy atom. The van der Waals surface area contributed by atoms with Gasteiger partial charge in [0.15, 0.2) is 6.33 Å². The van der Waals surface area contributed by atoms with Crippen molar-refractivity contribution in [2.24, 2.45) is 7.05 Å². The Balaban J connectivity index is 2.65. The van der Waals surface area contributed by atoms with E-state index in [2.05, 4.69) is 16.0 Å². The van der Waals surface area contributed by atoms with Crippen LogP contribution in [0, 0.1) is 6.33 Å². The van der Waals surface area contributed by atoms with Gasteiger partial charge in [-0.1, -0.05) is 0 Å². The lowest BCUT2D eigenvalue weighted by molar-refractivity contribution is -0.276. The normalized spacial score (nSPS) is 11.6. The minimum absolute atomic E-state index is 0.500. The Hall–Kier alpha value is -1.20. The smallest absolute Gasteiger partial charge is 0.386 e. The highest BCUT2D eigenvalue weighted by molar-refractivity contribution is 5.02. The molecule has 1 heterocycles. The average Bonchev–Trinajstić information content (AvgIpc) is 2.10. The van der Waals surface area contributed by atoms with Gasteiger partial charge in [-0.05, 0) is 0 Å². The fraction of sp³-hybridized carbons (Fsp3) is 0.400. The maximum atomic E-state index is 11.5. The number of aromatic nitrogens is 2. The van der Waals surface area contributed by atoms with Crippen LogP contribution in [0.4, 0.5) is 13.2 Å². The summed E-state index contributed by atoms with van der Waals surface area (Å²) in [7, 11) is 1.50. The molecule has 1 radical (unpaired) electrons. The van der Waals surface area contributed by atoms with E-state index in [1.54, 1.807) is 0 Å². The second-order valence-corrected chi connectivity index (χ2v) is 1.84. The van der Waals surface area contributed by atoms with Gasteiger partial charge in [0.1, 0.15) is 0 Å². The van der Waals surface area contributed by atoms with Crippen molar-refractivity contribution >= 4 is 0 Å². The van der Waals surface area contributed by atoms with Crippen LogP contribution in [-0.2, 0) is 7.05 Å². The number of rotatable bonds is 1. The Morgan fingerprint density at radius 3 is 2.64 bits per heavy atom. The van der Waals surface area contributed by atoms with Crippen molar-refractivity contribution in [1.82, 2.24) is 9.55 Å². The first-order valence-electron chi connectivity index (χ1n) is 2.64. The standard InChI is InChI=1S/C5H4F3N2O/c1-10-2-4(9-3-10)11-5(6,7)8/h2H,1H3. The first-order chi connectivity index (χ1) is 4.97. The molecule has 0 aliphatic carbocycles. The first kappa shape index (κ1) is 7.90. The summed E-state index contributed by atoms with van der Waals surface area (Å²) in [6.07, 6.45) is -1.37. The first-order valence-corrected chi connectivity index (χ1v) is 2.64. The second-order valence-electron chi connectivity index (χ2n) is 1.84. The van der Waals surface area contributed by atoms with E-state index >= 15 is 0 Å². The van der Waals surface area contributed by atoms with E-state index < -0.39 is 12.2 Å². The van der Waals surface area contributed by atoms with Gasteiger partial charge in [-0.3, -0.25) is 0 Å². The molecule has 0 N–H and O–H groups in total. The number of aryl methyl sites for hydroxylation is 1. The molecule has 0 atom stereocenters. The third kappa shape index (κ3) is 2.48. The van der Waals surface area contributed by atoms with E-state index in [4.69, 9.17) is 0 Å². The Bertz CT molecular complexity index is 242. The van der Waals surface area contributed by atoms with Crippen molar-refractivity contribution in [3.8, 4) is 5.88 Å². The molecule has 11 heavy (non-hydrogen) atoms. The summed E-state index contributed by atoms with van der Waals surface area (Å²) in [4.78, 5) is 3.20. The van der Waals surface area contributed by atoms with Crippen LogP contribution in [0.1, 0.15) is 0 Å². The SMILES string of the molecule is Cn1[c]nc(OC(F)(F)F)c1. The quantitative estimate of drug-likeness (QED) is 0.623. The van der Waals surface area contributed by atoms with Crippen LogP contribution >= 0.6 is 0 Å². The molecule has 1 aromatic heterocycles. The van der Waals surface area contributed by atoms with Gasteiger partial charge in [0.25, 0.3) is 0 Å². The molecule has 0 fully saturated rings. The lowest BCUT2D eigenvalue weighted by Gasteiger charge is -2.03. The number of nitrogens with zero attached hydrogens (tertiary/aromatic N) is 2. The molecule has 0 aromatic carbocycles. The molecule has 0 unspecified atom stereocenters. The summed E-state index contributed by atoms with van der Waals surface area (Å²) in [5.74, 6) is -0.500. The molecule has 0 spiro atoms. The second kappa shape index (κ2) is 2.44. The van der Waals surface area contributed by atoms with Crippen molar-refractivity contribution in [3.63, 3.8) is 0 Å². The van der Waals surface area contributed by atoms with E-state index in [0.29, 0.717) is 0 Å². The molecule has 0 saturated heterocycles. The Morgan fingerprint density at radius 1 is 1.64 bits per heavy atom. The molecule has 0 amide bonds.